The Balaban J connectivity index is 0.000000371. The highest BCUT2D eigenvalue weighted by Gasteiger charge is 2.36. The first-order valence-corrected chi connectivity index (χ1v) is 7.45. The first-order chi connectivity index (χ1) is 8.84. The smallest absolute Gasteiger partial charge is 0.139 e. The summed E-state index contributed by atoms with van der Waals surface area (Å²) >= 11 is 0. The average Bonchev–Trinajstić information content (AvgIpc) is 2.69. The van der Waals surface area contributed by atoms with E-state index in [1.165, 1.54) is 11.1 Å². The normalized spacial score (nSPS) is 23.9. The van der Waals surface area contributed by atoms with Crippen molar-refractivity contribution in [1.29, 1.82) is 0 Å². The van der Waals surface area contributed by atoms with Crippen molar-refractivity contribution in [2.24, 2.45) is 11.8 Å². The van der Waals surface area contributed by atoms with Gasteiger partial charge >= 0.3 is 0 Å². The molecule has 2 atom stereocenters. The molecule has 0 aliphatic heterocycles. The van der Waals surface area contributed by atoms with Crippen LogP contribution in [0.25, 0.3) is 0 Å². The third kappa shape index (κ3) is 3.01. The molecule has 0 amide bonds. The summed E-state index contributed by atoms with van der Waals surface area (Å²) in [4.78, 5) is 11.9. The van der Waals surface area contributed by atoms with Gasteiger partial charge < -0.3 is 0 Å². The van der Waals surface area contributed by atoms with Gasteiger partial charge in [-0.1, -0.05) is 52.0 Å². The Morgan fingerprint density at radius 3 is 1.61 bits per heavy atom. The Bertz CT molecular complexity index is 346. The second kappa shape index (κ2) is 7.35. The van der Waals surface area contributed by atoms with E-state index >= 15 is 0 Å². The van der Waals surface area contributed by atoms with Crippen LogP contribution in [0.15, 0.2) is 24.3 Å². The largest absolute Gasteiger partial charge is 0.299 e. The van der Waals surface area contributed by atoms with Gasteiger partial charge in [-0.25, -0.2) is 0 Å². The lowest BCUT2D eigenvalue weighted by Crippen LogP contribution is -2.13. The van der Waals surface area contributed by atoms with E-state index in [-0.39, 0.29) is 0 Å². The van der Waals surface area contributed by atoms with Gasteiger partial charge in [0, 0.05) is 11.8 Å². The van der Waals surface area contributed by atoms with Crippen molar-refractivity contribution in [3.05, 3.63) is 35.4 Å². The van der Waals surface area contributed by atoms with E-state index in [0.29, 0.717) is 17.6 Å². The quantitative estimate of drug-likeness (QED) is 0.661. The zero-order chi connectivity index (χ0) is 13.5. The summed E-state index contributed by atoms with van der Waals surface area (Å²) in [5.41, 5.74) is 2.82. The van der Waals surface area contributed by atoms with Crippen LogP contribution in [0.2, 0.25) is 0 Å². The zero-order valence-electron chi connectivity index (χ0n) is 12.2. The molecule has 3 rings (SSSR count). The van der Waals surface area contributed by atoms with Crippen molar-refractivity contribution in [3.63, 3.8) is 0 Å². The van der Waals surface area contributed by atoms with Crippen LogP contribution in [-0.4, -0.2) is 5.78 Å². The summed E-state index contributed by atoms with van der Waals surface area (Å²) < 4.78 is 0. The molecule has 0 N–H and O–H groups in total. The van der Waals surface area contributed by atoms with Crippen molar-refractivity contribution in [3.8, 4) is 0 Å². The third-order valence-corrected chi connectivity index (χ3v) is 3.72. The number of benzene rings is 1. The highest BCUT2D eigenvalue weighted by atomic mass is 16.1. The zero-order valence-corrected chi connectivity index (χ0v) is 12.2. The number of carbonyl (C=O) groups is 1. The SMILES string of the molecule is CC.CC.O=C1C2CCC1Cc1ccccc1C2. The number of carbonyl (C=O) groups excluding carboxylic acids is 1. The van der Waals surface area contributed by atoms with Crippen molar-refractivity contribution >= 4 is 5.78 Å². The van der Waals surface area contributed by atoms with Crippen molar-refractivity contribution in [2.75, 3.05) is 0 Å². The molecule has 0 saturated heterocycles. The molecule has 1 heteroatoms. The molecule has 2 aliphatic carbocycles. The van der Waals surface area contributed by atoms with Gasteiger partial charge in [-0.05, 0) is 36.8 Å². The number of fused-ring (bicyclic) bond motifs is 3. The number of hydrogen-bond donors (Lipinski definition) is 0. The molecule has 1 fully saturated rings. The van der Waals surface area contributed by atoms with Crippen LogP contribution in [0.3, 0.4) is 0 Å². The number of rotatable bonds is 0. The Morgan fingerprint density at radius 2 is 1.22 bits per heavy atom. The lowest BCUT2D eigenvalue weighted by molar-refractivity contribution is -0.123. The Kier molecular flexibility index (Phi) is 6.11. The Morgan fingerprint density at radius 1 is 0.833 bits per heavy atom. The molecule has 1 nitrogen and oxygen atoms in total. The van der Waals surface area contributed by atoms with Gasteiger partial charge in [0.15, 0.2) is 0 Å². The summed E-state index contributed by atoms with van der Waals surface area (Å²) in [5.74, 6) is 1.20. The fourth-order valence-corrected chi connectivity index (χ4v) is 2.91. The lowest BCUT2D eigenvalue weighted by Gasteiger charge is -2.10. The lowest BCUT2D eigenvalue weighted by atomic mass is 9.94. The highest BCUT2D eigenvalue weighted by Crippen LogP contribution is 2.36. The standard InChI is InChI=1S/C13H14O.2C2H6/c14-13-11-5-6-12(13)8-10-4-2-1-3-9(10)7-11;2*1-2/h1-4,11-12H,5-8H2;2*1-2H3. The van der Waals surface area contributed by atoms with Gasteiger partial charge in [0.1, 0.15) is 5.78 Å². The van der Waals surface area contributed by atoms with Crippen LogP contribution < -0.4 is 0 Å². The van der Waals surface area contributed by atoms with Crippen LogP contribution in [0, 0.1) is 11.8 Å². The van der Waals surface area contributed by atoms with Gasteiger partial charge in [-0.2, -0.15) is 0 Å². The van der Waals surface area contributed by atoms with Gasteiger partial charge in [-0.15, -0.1) is 0 Å². The highest BCUT2D eigenvalue weighted by molar-refractivity contribution is 5.86. The maximum absolute atomic E-state index is 11.9. The number of Topliss-reactive ketones (excluding diaryl/α,β-unsaturated/α-hetero) is 1. The molecule has 0 heterocycles. The van der Waals surface area contributed by atoms with Crippen molar-refractivity contribution < 1.29 is 4.79 Å². The molecule has 0 spiro atoms. The number of ketones is 1. The molecule has 2 aliphatic rings. The van der Waals surface area contributed by atoms with Crippen molar-refractivity contribution in [1.82, 2.24) is 0 Å². The first kappa shape index (κ1) is 14.9. The number of hydrogen-bond acceptors (Lipinski definition) is 1. The molecule has 1 saturated carbocycles. The predicted octanol–water partition coefficient (Wildman–Crippen LogP) is 4.43. The molecule has 100 valence electrons. The van der Waals surface area contributed by atoms with E-state index in [1.807, 2.05) is 27.7 Å². The Labute approximate surface area is 112 Å². The molecular weight excluding hydrogens is 220 g/mol. The Hall–Kier alpha value is -1.11. The summed E-state index contributed by atoms with van der Waals surface area (Å²) in [6, 6.07) is 8.54. The molecular formula is C17H26O. The summed E-state index contributed by atoms with van der Waals surface area (Å²) in [7, 11) is 0. The molecule has 2 bridgehead atoms. The second-order valence-corrected chi connectivity index (χ2v) is 4.55. The van der Waals surface area contributed by atoms with Gasteiger partial charge in [0.25, 0.3) is 0 Å². The van der Waals surface area contributed by atoms with E-state index in [1.54, 1.807) is 0 Å². The topological polar surface area (TPSA) is 17.1 Å². The van der Waals surface area contributed by atoms with Crippen molar-refractivity contribution in [2.45, 2.75) is 53.4 Å². The fourth-order valence-electron chi connectivity index (χ4n) is 2.91. The van der Waals surface area contributed by atoms with Crippen LogP contribution in [-0.2, 0) is 17.6 Å². The summed E-state index contributed by atoms with van der Waals surface area (Å²) in [6.07, 6.45) is 4.23. The first-order valence-electron chi connectivity index (χ1n) is 7.45. The third-order valence-electron chi connectivity index (χ3n) is 3.72. The summed E-state index contributed by atoms with van der Waals surface area (Å²) in [5, 5.41) is 0. The van der Waals surface area contributed by atoms with E-state index < -0.39 is 0 Å². The molecule has 0 radical (unpaired) electrons. The minimum atomic E-state index is 0.337. The maximum Gasteiger partial charge on any atom is 0.139 e. The van der Waals surface area contributed by atoms with Crippen LogP contribution in [0.1, 0.15) is 51.7 Å². The monoisotopic (exact) mass is 246 g/mol. The van der Waals surface area contributed by atoms with Crippen LogP contribution >= 0.6 is 0 Å². The molecule has 0 aromatic heterocycles. The van der Waals surface area contributed by atoms with Crippen LogP contribution in [0.5, 0.6) is 0 Å². The van der Waals surface area contributed by atoms with Gasteiger partial charge in [-0.3, -0.25) is 4.79 Å². The maximum atomic E-state index is 11.9. The fraction of sp³-hybridized carbons (Fsp3) is 0.588. The van der Waals surface area contributed by atoms with Crippen LogP contribution in [0.4, 0.5) is 0 Å². The predicted molar refractivity (Wildman–Crippen MR) is 77.8 cm³/mol. The molecule has 1 aromatic carbocycles. The average molecular weight is 246 g/mol. The second-order valence-electron chi connectivity index (χ2n) is 4.55. The van der Waals surface area contributed by atoms with E-state index in [4.69, 9.17) is 0 Å². The molecule has 18 heavy (non-hydrogen) atoms. The minimum Gasteiger partial charge on any atom is -0.299 e. The summed E-state index contributed by atoms with van der Waals surface area (Å²) in [6.45, 7) is 8.00. The molecule has 1 aromatic rings. The van der Waals surface area contributed by atoms with E-state index in [2.05, 4.69) is 24.3 Å². The van der Waals surface area contributed by atoms with E-state index in [0.717, 1.165) is 25.7 Å². The minimum absolute atomic E-state index is 0.337. The molecule has 2 unspecified atom stereocenters. The van der Waals surface area contributed by atoms with E-state index in [9.17, 15) is 4.79 Å². The van der Waals surface area contributed by atoms with Gasteiger partial charge in [0.05, 0.1) is 0 Å². The van der Waals surface area contributed by atoms with Gasteiger partial charge in [0.2, 0.25) is 0 Å².